The van der Waals surface area contributed by atoms with Gasteiger partial charge in [0.25, 0.3) is 5.91 Å². The second kappa shape index (κ2) is 7.14. The van der Waals surface area contributed by atoms with Crippen molar-refractivity contribution in [2.45, 2.75) is 12.6 Å². The van der Waals surface area contributed by atoms with Crippen molar-refractivity contribution in [1.82, 2.24) is 5.32 Å². The molecule has 1 aromatic heterocycles. The van der Waals surface area contributed by atoms with Gasteiger partial charge in [-0.1, -0.05) is 12.0 Å². The largest absolute Gasteiger partial charge is 0.416 e. The van der Waals surface area contributed by atoms with Crippen LogP contribution >= 0.6 is 11.3 Å². The molecule has 0 atom stereocenters. The first-order valence-electron chi connectivity index (χ1n) is 6.44. The average Bonchev–Trinajstić information content (AvgIpc) is 2.98. The van der Waals surface area contributed by atoms with Crippen molar-refractivity contribution in [3.63, 3.8) is 0 Å². The van der Waals surface area contributed by atoms with Gasteiger partial charge in [0, 0.05) is 22.9 Å². The molecule has 1 N–H and O–H groups in total. The molecule has 0 unspecified atom stereocenters. The first-order valence-corrected chi connectivity index (χ1v) is 7.32. The van der Waals surface area contributed by atoms with Crippen molar-refractivity contribution < 1.29 is 18.0 Å². The van der Waals surface area contributed by atoms with Crippen LogP contribution in [0.5, 0.6) is 0 Å². The molecule has 22 heavy (non-hydrogen) atoms. The molecule has 1 heterocycles. The van der Waals surface area contributed by atoms with Gasteiger partial charge in [-0.15, -0.1) is 11.3 Å². The Labute approximate surface area is 130 Å². The number of nitrogens with one attached hydrogen (secondary N) is 1. The minimum Gasteiger partial charge on any atom is -0.345 e. The van der Waals surface area contributed by atoms with Crippen molar-refractivity contribution in [2.24, 2.45) is 0 Å². The highest BCUT2D eigenvalue weighted by Gasteiger charge is 2.29. The highest BCUT2D eigenvalue weighted by Crippen LogP contribution is 2.28. The van der Waals surface area contributed by atoms with Crippen LogP contribution in [0.15, 0.2) is 41.8 Å². The first kappa shape index (κ1) is 16.1. The summed E-state index contributed by atoms with van der Waals surface area (Å²) in [4.78, 5) is 12.7. The van der Waals surface area contributed by atoms with Crippen LogP contribution in [0.4, 0.5) is 13.2 Å². The highest BCUT2D eigenvalue weighted by molar-refractivity contribution is 7.09. The molecule has 2 nitrogen and oxygen atoms in total. The molecule has 1 aromatic carbocycles. The molecule has 0 aliphatic heterocycles. The number of hydrogen-bond acceptors (Lipinski definition) is 2. The van der Waals surface area contributed by atoms with Gasteiger partial charge in [-0.05, 0) is 42.1 Å². The van der Waals surface area contributed by atoms with Crippen LogP contribution in [0.3, 0.4) is 0 Å². The summed E-state index contributed by atoms with van der Waals surface area (Å²) in [7, 11) is 0. The molecule has 0 saturated carbocycles. The van der Waals surface area contributed by atoms with Gasteiger partial charge in [0.2, 0.25) is 0 Å². The molecule has 2 rings (SSSR count). The Balaban J connectivity index is 1.85. The van der Waals surface area contributed by atoms with E-state index in [2.05, 4.69) is 17.2 Å². The summed E-state index contributed by atoms with van der Waals surface area (Å²) in [6, 6.07) is 8.29. The lowest BCUT2D eigenvalue weighted by molar-refractivity contribution is -0.137. The van der Waals surface area contributed by atoms with E-state index in [1.165, 1.54) is 12.1 Å². The summed E-state index contributed by atoms with van der Waals surface area (Å²) >= 11 is 1.61. The maximum absolute atomic E-state index is 12.4. The van der Waals surface area contributed by atoms with Crippen LogP contribution < -0.4 is 5.32 Å². The maximum atomic E-state index is 12.4. The molecule has 0 aliphatic rings. The van der Waals surface area contributed by atoms with Crippen molar-refractivity contribution >= 4 is 17.2 Å². The molecular weight excluding hydrogens is 311 g/mol. The summed E-state index contributed by atoms with van der Waals surface area (Å²) in [5.74, 6) is 4.45. The summed E-state index contributed by atoms with van der Waals surface area (Å²) in [5, 5.41) is 4.60. The second-order valence-corrected chi connectivity index (χ2v) is 5.44. The maximum Gasteiger partial charge on any atom is 0.416 e. The molecule has 0 spiro atoms. The van der Waals surface area contributed by atoms with Gasteiger partial charge in [-0.3, -0.25) is 4.79 Å². The zero-order chi connectivity index (χ0) is 16.0. The molecule has 0 radical (unpaired) electrons. The van der Waals surface area contributed by atoms with Crippen LogP contribution in [-0.2, 0) is 17.4 Å². The lowest BCUT2D eigenvalue weighted by atomic mass is 10.1. The normalized spacial score (nSPS) is 10.7. The van der Waals surface area contributed by atoms with E-state index < -0.39 is 17.6 Å². The van der Waals surface area contributed by atoms with E-state index in [1.807, 2.05) is 17.5 Å². The van der Waals surface area contributed by atoms with E-state index in [1.54, 1.807) is 11.3 Å². The average molecular weight is 323 g/mol. The zero-order valence-electron chi connectivity index (χ0n) is 11.4. The minimum absolute atomic E-state index is 0.362. The summed E-state index contributed by atoms with van der Waals surface area (Å²) in [6.45, 7) is 0.473. The SMILES string of the molecule is O=C(C#Cc1ccc(C(F)(F)F)cc1)NCCc1cccs1. The number of carbonyl (C=O) groups excluding carboxylic acids is 1. The Kier molecular flexibility index (Phi) is 5.23. The van der Waals surface area contributed by atoms with Gasteiger partial charge in [0.1, 0.15) is 0 Å². The predicted molar refractivity (Wildman–Crippen MR) is 79.4 cm³/mol. The lowest BCUT2D eigenvalue weighted by Gasteiger charge is -2.05. The Bertz CT molecular complexity index is 679. The number of hydrogen-bond donors (Lipinski definition) is 1. The lowest BCUT2D eigenvalue weighted by Crippen LogP contribution is -2.23. The van der Waals surface area contributed by atoms with Gasteiger partial charge in [-0.2, -0.15) is 13.2 Å². The summed E-state index contributed by atoms with van der Waals surface area (Å²) in [6.07, 6.45) is -3.64. The third kappa shape index (κ3) is 4.93. The van der Waals surface area contributed by atoms with Gasteiger partial charge in [0.05, 0.1) is 5.56 Å². The van der Waals surface area contributed by atoms with E-state index >= 15 is 0 Å². The fourth-order valence-electron chi connectivity index (χ4n) is 1.67. The topological polar surface area (TPSA) is 29.1 Å². The molecule has 6 heteroatoms. The zero-order valence-corrected chi connectivity index (χ0v) is 12.2. The number of thiophene rings is 1. The predicted octanol–water partition coefficient (Wildman–Crippen LogP) is 3.48. The molecule has 0 fully saturated rings. The minimum atomic E-state index is -4.37. The standard InChI is InChI=1S/C16H12F3NOS/c17-16(18,19)13-6-3-12(4-7-13)5-8-15(21)20-10-9-14-2-1-11-22-14/h1-4,6-7,11H,9-10H2,(H,20,21). The molecule has 1 amide bonds. The Morgan fingerprint density at radius 3 is 2.50 bits per heavy atom. The third-order valence-electron chi connectivity index (χ3n) is 2.77. The number of rotatable bonds is 3. The van der Waals surface area contributed by atoms with Crippen LogP contribution in [0, 0.1) is 11.8 Å². The fraction of sp³-hybridized carbons (Fsp3) is 0.188. The third-order valence-corrected chi connectivity index (χ3v) is 3.71. The van der Waals surface area contributed by atoms with Crippen molar-refractivity contribution in [3.05, 3.63) is 57.8 Å². The molecule has 0 saturated heterocycles. The van der Waals surface area contributed by atoms with Crippen molar-refractivity contribution in [1.29, 1.82) is 0 Å². The molecular formula is C16H12F3NOS. The van der Waals surface area contributed by atoms with E-state index in [9.17, 15) is 18.0 Å². The van der Waals surface area contributed by atoms with Gasteiger partial charge in [-0.25, -0.2) is 0 Å². The second-order valence-electron chi connectivity index (χ2n) is 4.41. The summed E-state index contributed by atoms with van der Waals surface area (Å²) < 4.78 is 37.2. The van der Waals surface area contributed by atoms with Crippen LogP contribution in [0.1, 0.15) is 16.0 Å². The first-order chi connectivity index (χ1) is 10.4. The smallest absolute Gasteiger partial charge is 0.345 e. The molecule has 0 aliphatic carbocycles. The van der Waals surface area contributed by atoms with Gasteiger partial charge in [0.15, 0.2) is 0 Å². The summed E-state index contributed by atoms with van der Waals surface area (Å²) in [5.41, 5.74) is -0.375. The number of alkyl halides is 3. The molecule has 114 valence electrons. The highest BCUT2D eigenvalue weighted by atomic mass is 32.1. The fourth-order valence-corrected chi connectivity index (χ4v) is 2.38. The number of carbonyl (C=O) groups is 1. The van der Waals surface area contributed by atoms with Crippen LogP contribution in [-0.4, -0.2) is 12.5 Å². The number of amides is 1. The van der Waals surface area contributed by atoms with Crippen LogP contribution in [0.2, 0.25) is 0 Å². The van der Waals surface area contributed by atoms with E-state index in [0.29, 0.717) is 12.1 Å². The van der Waals surface area contributed by atoms with Crippen molar-refractivity contribution in [2.75, 3.05) is 6.54 Å². The quantitative estimate of drug-likeness (QED) is 0.861. The van der Waals surface area contributed by atoms with E-state index in [4.69, 9.17) is 0 Å². The monoisotopic (exact) mass is 323 g/mol. The Hall–Kier alpha value is -2.26. The Morgan fingerprint density at radius 2 is 1.91 bits per heavy atom. The molecule has 2 aromatic rings. The Morgan fingerprint density at radius 1 is 1.18 bits per heavy atom. The van der Waals surface area contributed by atoms with Gasteiger partial charge >= 0.3 is 6.18 Å². The van der Waals surface area contributed by atoms with Gasteiger partial charge < -0.3 is 5.32 Å². The van der Waals surface area contributed by atoms with Crippen molar-refractivity contribution in [3.8, 4) is 11.8 Å². The number of halogens is 3. The molecule has 0 bridgehead atoms. The van der Waals surface area contributed by atoms with E-state index in [-0.39, 0.29) is 0 Å². The number of benzene rings is 1. The van der Waals surface area contributed by atoms with E-state index in [0.717, 1.165) is 23.4 Å². The van der Waals surface area contributed by atoms with Crippen LogP contribution in [0.25, 0.3) is 0 Å².